The molecule has 1 aromatic carbocycles. The molecule has 6 heterocycles. The summed E-state index contributed by atoms with van der Waals surface area (Å²) in [5.41, 5.74) is 7.03. The topological polar surface area (TPSA) is 180 Å². The summed E-state index contributed by atoms with van der Waals surface area (Å²) in [6.07, 6.45) is 7.79. The number of alkyl carbamates (subject to hydrolysis) is 2. The van der Waals surface area contributed by atoms with Gasteiger partial charge < -0.3 is 44.4 Å². The van der Waals surface area contributed by atoms with Crippen LogP contribution in [-0.2, 0) is 26.1 Å². The van der Waals surface area contributed by atoms with Crippen molar-refractivity contribution in [3.63, 3.8) is 0 Å². The number of nitrogens with zero attached hydrogens (tertiary/aromatic N) is 5. The van der Waals surface area contributed by atoms with E-state index in [0.29, 0.717) is 13.1 Å². The summed E-state index contributed by atoms with van der Waals surface area (Å²) in [7, 11) is 4.63. The highest BCUT2D eigenvalue weighted by Gasteiger charge is 2.39. The van der Waals surface area contributed by atoms with E-state index in [9.17, 15) is 19.2 Å². The van der Waals surface area contributed by atoms with Crippen LogP contribution in [0.3, 0.4) is 0 Å². The van der Waals surface area contributed by atoms with Crippen LogP contribution in [0.15, 0.2) is 48.2 Å². The first kappa shape index (κ1) is 39.6. The Morgan fingerprint density at radius 3 is 1.75 bits per heavy atom. The van der Waals surface area contributed by atoms with Gasteiger partial charge in [0.1, 0.15) is 23.7 Å². The number of aromatic nitrogens is 5. The molecule has 0 saturated carbocycles. The molecule has 16 heteroatoms. The van der Waals surface area contributed by atoms with Gasteiger partial charge in [-0.1, -0.05) is 52.0 Å². The van der Waals surface area contributed by atoms with Crippen LogP contribution in [0.4, 0.5) is 9.59 Å². The van der Waals surface area contributed by atoms with Gasteiger partial charge in [0, 0.05) is 42.8 Å². The number of ether oxygens (including phenoxy) is 2. The Kier molecular flexibility index (Phi) is 11.4. The Bertz CT molecular complexity index is 2250. The Morgan fingerprint density at radius 1 is 0.754 bits per heavy atom. The maximum atomic E-state index is 13.7. The van der Waals surface area contributed by atoms with Crippen molar-refractivity contribution in [1.29, 1.82) is 0 Å². The highest BCUT2D eigenvalue weighted by atomic mass is 32.1. The van der Waals surface area contributed by atoms with E-state index >= 15 is 0 Å². The Morgan fingerprint density at radius 2 is 1.25 bits per heavy atom. The van der Waals surface area contributed by atoms with E-state index in [4.69, 9.17) is 19.4 Å². The van der Waals surface area contributed by atoms with Crippen LogP contribution in [0.1, 0.15) is 77.1 Å². The van der Waals surface area contributed by atoms with Crippen LogP contribution in [-0.4, -0.2) is 97.7 Å². The number of hydrogen-bond acceptors (Lipinski definition) is 9. The van der Waals surface area contributed by atoms with Crippen molar-refractivity contribution in [2.24, 2.45) is 18.9 Å². The summed E-state index contributed by atoms with van der Waals surface area (Å²) in [6.45, 7) is 8.80. The van der Waals surface area contributed by atoms with Crippen molar-refractivity contribution in [1.82, 2.24) is 44.9 Å². The molecule has 2 aliphatic heterocycles. The number of likely N-dealkylation sites (tertiary alicyclic amines) is 2. The third-order valence-electron chi connectivity index (χ3n) is 11.2. The summed E-state index contributed by atoms with van der Waals surface area (Å²) in [6, 6.07) is 6.56. The van der Waals surface area contributed by atoms with E-state index < -0.39 is 24.3 Å². The van der Waals surface area contributed by atoms with E-state index in [1.807, 2.05) is 56.9 Å². The molecule has 4 aromatic heterocycles. The van der Waals surface area contributed by atoms with Crippen molar-refractivity contribution >= 4 is 45.6 Å². The number of fused-ring (bicyclic) bond motifs is 1. The molecule has 0 radical (unpaired) electrons. The number of hydrogen-bond donors (Lipinski definition) is 4. The molecular formula is C41H51N9O6S. The number of aromatic amines is 2. The molecule has 0 bridgehead atoms. The van der Waals surface area contributed by atoms with E-state index in [-0.39, 0.29) is 35.7 Å². The summed E-state index contributed by atoms with van der Waals surface area (Å²) < 4.78 is 12.8. The average molecular weight is 798 g/mol. The van der Waals surface area contributed by atoms with Crippen LogP contribution < -0.4 is 10.6 Å². The quantitative estimate of drug-likeness (QED) is 0.113. The molecule has 2 unspecified atom stereocenters. The molecule has 2 fully saturated rings. The minimum absolute atomic E-state index is 0.108. The maximum absolute atomic E-state index is 13.7. The molecule has 7 rings (SSSR count). The van der Waals surface area contributed by atoms with Crippen molar-refractivity contribution in [3.05, 3.63) is 59.9 Å². The van der Waals surface area contributed by atoms with Gasteiger partial charge in [0.25, 0.3) is 0 Å². The number of nitrogens with one attached hydrogen (secondary N) is 4. The third-order valence-corrected chi connectivity index (χ3v) is 12.2. The summed E-state index contributed by atoms with van der Waals surface area (Å²) in [5.74, 6) is 0.949. The number of carbonyl (C=O) groups excluding carboxylic acids is 4. The molecule has 15 nitrogen and oxygen atoms in total. The lowest BCUT2D eigenvalue weighted by Gasteiger charge is -2.30. The van der Waals surface area contributed by atoms with Gasteiger partial charge in [-0.3, -0.25) is 9.59 Å². The Labute approximate surface area is 335 Å². The molecule has 4 atom stereocenters. The summed E-state index contributed by atoms with van der Waals surface area (Å²) in [4.78, 5) is 71.3. The highest BCUT2D eigenvalue weighted by Crippen LogP contribution is 2.42. The normalized spacial score (nSPS) is 18.1. The molecule has 57 heavy (non-hydrogen) atoms. The standard InChI is InChI=1S/C41H51N9O6S/c1-22(2)32(46-40(53)55-6)38(51)49-16-8-10-30(49)36-42-18-28(44-36)25-14-12-24(13-15-25)26-20-48(5)34-27(21-57-35(26)34)29-19-43-37(45-29)31-11-9-17-50(31)39(52)33(23(3)4)47-41(54)56-7/h12-15,18-23,30-33H,8-11,16-17H2,1-7H3,(H,42,44)(H,43,45)(H,46,53)(H,47,54)/t30?,31?,32-,33-/m0/s1. The molecule has 4 N–H and O–H groups in total. The van der Waals surface area contributed by atoms with Gasteiger partial charge in [0.05, 0.1) is 60.3 Å². The van der Waals surface area contributed by atoms with Crippen LogP contribution in [0.2, 0.25) is 0 Å². The fourth-order valence-electron chi connectivity index (χ4n) is 8.12. The molecule has 2 saturated heterocycles. The SMILES string of the molecule is COC(=O)N[C@H](C(=O)N1CCCC1c1ncc(-c2ccc(-c3cn(C)c4c(-c5cnc(C6CCCN6C(=O)[C@@H](NC(=O)OC)C(C)C)[nH]5)csc34)cc2)[nH]1)C(C)C. The lowest BCUT2D eigenvalue weighted by Crippen LogP contribution is -2.51. The van der Waals surface area contributed by atoms with Gasteiger partial charge in [-0.25, -0.2) is 19.6 Å². The number of thiophene rings is 1. The monoisotopic (exact) mass is 797 g/mol. The van der Waals surface area contributed by atoms with Crippen LogP contribution in [0, 0.1) is 11.8 Å². The summed E-state index contributed by atoms with van der Waals surface area (Å²) in [5, 5.41) is 7.56. The minimum atomic E-state index is -0.696. The molecule has 4 amide bonds. The van der Waals surface area contributed by atoms with Crippen molar-refractivity contribution in [2.75, 3.05) is 27.3 Å². The van der Waals surface area contributed by atoms with Gasteiger partial charge in [0.2, 0.25) is 11.8 Å². The average Bonchev–Trinajstić information content (AvgIpc) is 4.05. The first-order valence-electron chi connectivity index (χ1n) is 19.5. The minimum Gasteiger partial charge on any atom is -0.453 e. The van der Waals surface area contributed by atoms with Gasteiger partial charge in [-0.05, 0) is 48.6 Å². The Hall–Kier alpha value is -5.64. The Balaban J connectivity index is 1.07. The van der Waals surface area contributed by atoms with Gasteiger partial charge in [0.15, 0.2) is 0 Å². The zero-order valence-electron chi connectivity index (χ0n) is 33.4. The van der Waals surface area contributed by atoms with Crippen LogP contribution >= 0.6 is 11.3 Å². The lowest BCUT2D eigenvalue weighted by atomic mass is 10.0. The first-order chi connectivity index (χ1) is 27.4. The third kappa shape index (κ3) is 7.74. The fourth-order valence-corrected chi connectivity index (χ4v) is 9.25. The number of H-pyrrole nitrogens is 2. The number of methoxy groups -OCH3 is 2. The molecule has 2 aliphatic rings. The van der Waals surface area contributed by atoms with E-state index in [2.05, 4.69) is 61.0 Å². The second kappa shape index (κ2) is 16.5. The van der Waals surface area contributed by atoms with Crippen molar-refractivity contribution in [2.45, 2.75) is 77.5 Å². The molecule has 5 aromatic rings. The molecule has 0 spiro atoms. The maximum Gasteiger partial charge on any atom is 0.407 e. The smallest absolute Gasteiger partial charge is 0.407 e. The number of imidazole rings is 2. The van der Waals surface area contributed by atoms with Crippen LogP contribution in [0.25, 0.3) is 43.9 Å². The van der Waals surface area contributed by atoms with Crippen molar-refractivity contribution < 1.29 is 28.7 Å². The van der Waals surface area contributed by atoms with E-state index in [1.54, 1.807) is 11.3 Å². The fraction of sp³-hybridized carbons (Fsp3) is 0.463. The first-order valence-corrected chi connectivity index (χ1v) is 20.4. The number of carbonyl (C=O) groups is 4. The largest absolute Gasteiger partial charge is 0.453 e. The summed E-state index contributed by atoms with van der Waals surface area (Å²) >= 11 is 1.68. The number of rotatable bonds is 11. The highest BCUT2D eigenvalue weighted by molar-refractivity contribution is 7.18. The number of amides is 4. The second-order valence-corrected chi connectivity index (χ2v) is 16.4. The predicted octanol–water partition coefficient (Wildman–Crippen LogP) is 6.78. The second-order valence-electron chi connectivity index (χ2n) is 15.5. The number of aryl methyl sites for hydroxylation is 1. The number of benzene rings is 1. The molecular weight excluding hydrogens is 747 g/mol. The zero-order chi connectivity index (χ0) is 40.5. The van der Waals surface area contributed by atoms with Gasteiger partial charge in [-0.15, -0.1) is 11.3 Å². The van der Waals surface area contributed by atoms with Gasteiger partial charge in [-0.2, -0.15) is 0 Å². The van der Waals surface area contributed by atoms with E-state index in [1.165, 1.54) is 14.2 Å². The van der Waals surface area contributed by atoms with Crippen LogP contribution in [0.5, 0.6) is 0 Å². The van der Waals surface area contributed by atoms with E-state index in [0.717, 1.165) is 81.2 Å². The van der Waals surface area contributed by atoms with Crippen molar-refractivity contribution in [3.8, 4) is 33.6 Å². The lowest BCUT2D eigenvalue weighted by molar-refractivity contribution is -0.136. The zero-order valence-corrected chi connectivity index (χ0v) is 34.2. The van der Waals surface area contributed by atoms with Gasteiger partial charge >= 0.3 is 12.2 Å². The molecule has 0 aliphatic carbocycles. The molecule has 302 valence electrons. The predicted molar refractivity (Wildman–Crippen MR) is 217 cm³/mol.